The molecule has 0 spiro atoms. The van der Waals surface area contributed by atoms with Crippen molar-refractivity contribution in [3.63, 3.8) is 0 Å². The van der Waals surface area contributed by atoms with Crippen molar-refractivity contribution in [2.75, 3.05) is 11.9 Å². The summed E-state index contributed by atoms with van der Waals surface area (Å²) < 4.78 is 0. The average molecular weight is 286 g/mol. The highest BCUT2D eigenvalue weighted by Gasteiger charge is 2.20. The summed E-state index contributed by atoms with van der Waals surface area (Å²) in [4.78, 5) is 33.7. The summed E-state index contributed by atoms with van der Waals surface area (Å²) >= 11 is 1.17. The molecule has 1 heterocycles. The quantitative estimate of drug-likeness (QED) is 0.657. The third-order valence-electron chi connectivity index (χ3n) is 2.45. The van der Waals surface area contributed by atoms with Gasteiger partial charge in [0.2, 0.25) is 0 Å². The molecule has 0 aliphatic heterocycles. The minimum Gasteiger partial charge on any atom is -0.481 e. The van der Waals surface area contributed by atoms with Crippen molar-refractivity contribution < 1.29 is 24.6 Å². The van der Waals surface area contributed by atoms with Crippen LogP contribution in [0.25, 0.3) is 0 Å². The molecule has 0 bridgehead atoms. The van der Waals surface area contributed by atoms with Gasteiger partial charge in [-0.2, -0.15) is 0 Å². The van der Waals surface area contributed by atoms with Crippen LogP contribution >= 0.6 is 11.3 Å². The Morgan fingerprint density at radius 2 is 1.84 bits per heavy atom. The van der Waals surface area contributed by atoms with Gasteiger partial charge in [0.15, 0.2) is 0 Å². The maximum absolute atomic E-state index is 11.5. The van der Waals surface area contributed by atoms with E-state index in [1.807, 2.05) is 0 Å². The molecule has 0 saturated carbocycles. The largest absolute Gasteiger partial charge is 0.481 e. The van der Waals surface area contributed by atoms with Gasteiger partial charge in [0.1, 0.15) is 5.00 Å². The van der Waals surface area contributed by atoms with Crippen LogP contribution in [-0.4, -0.2) is 34.7 Å². The molecule has 0 saturated heterocycles. The van der Waals surface area contributed by atoms with Crippen molar-refractivity contribution in [2.24, 2.45) is 0 Å². The fraction of sp³-hybridized carbons (Fsp3) is 0.364. The van der Waals surface area contributed by atoms with Crippen LogP contribution in [0, 0.1) is 13.8 Å². The van der Waals surface area contributed by atoms with E-state index in [0.717, 1.165) is 4.88 Å². The molecule has 0 unspecified atom stereocenters. The Balaban J connectivity index is 2.72. The highest BCUT2D eigenvalue weighted by Crippen LogP contribution is 2.32. The van der Waals surface area contributed by atoms with E-state index in [-0.39, 0.29) is 23.5 Å². The van der Waals surface area contributed by atoms with Gasteiger partial charge in [0.25, 0.3) is 0 Å². The molecule has 0 atom stereocenters. The van der Waals surface area contributed by atoms with E-state index in [4.69, 9.17) is 10.2 Å². The molecule has 0 aliphatic carbocycles. The number of nitrogens with one attached hydrogen (secondary N) is 2. The van der Waals surface area contributed by atoms with E-state index in [1.165, 1.54) is 11.3 Å². The zero-order chi connectivity index (χ0) is 14.6. The Morgan fingerprint density at radius 1 is 1.21 bits per heavy atom. The van der Waals surface area contributed by atoms with E-state index in [9.17, 15) is 14.4 Å². The van der Waals surface area contributed by atoms with Crippen molar-refractivity contribution in [1.82, 2.24) is 5.32 Å². The molecule has 0 aliphatic rings. The third-order valence-corrected chi connectivity index (χ3v) is 3.57. The Bertz CT molecular complexity index is 523. The Hall–Kier alpha value is -2.09. The summed E-state index contributed by atoms with van der Waals surface area (Å²) in [5.41, 5.74) is 0.675. The molecule has 0 fully saturated rings. The number of aromatic carboxylic acids is 1. The number of anilines is 1. The second-order valence-corrected chi connectivity index (χ2v) is 5.04. The van der Waals surface area contributed by atoms with Crippen molar-refractivity contribution in [3.8, 4) is 0 Å². The molecule has 0 radical (unpaired) electrons. The minimum atomic E-state index is -1.11. The lowest BCUT2D eigenvalue weighted by Crippen LogP contribution is -2.30. The molecule has 104 valence electrons. The van der Waals surface area contributed by atoms with Crippen LogP contribution in [0.2, 0.25) is 0 Å². The molecule has 1 rings (SSSR count). The summed E-state index contributed by atoms with van der Waals surface area (Å²) in [6, 6.07) is -0.620. The van der Waals surface area contributed by atoms with Crippen LogP contribution in [0.4, 0.5) is 9.80 Å². The molecule has 7 nitrogen and oxygen atoms in total. The van der Waals surface area contributed by atoms with Crippen molar-refractivity contribution in [1.29, 1.82) is 0 Å². The standard InChI is InChI=1S/C11H14N2O5S/c1-5-6(2)19-9(8(5)10(16)17)13-11(18)12-4-3-7(14)15/h3-4H2,1-2H3,(H,14,15)(H,16,17)(H2,12,13,18). The zero-order valence-electron chi connectivity index (χ0n) is 10.4. The summed E-state index contributed by atoms with van der Waals surface area (Å²) in [5, 5.41) is 22.5. The first-order chi connectivity index (χ1) is 8.82. The Morgan fingerprint density at radius 3 is 2.37 bits per heavy atom. The summed E-state index contributed by atoms with van der Waals surface area (Å²) in [6.45, 7) is 3.41. The topological polar surface area (TPSA) is 116 Å². The SMILES string of the molecule is Cc1sc(NC(=O)NCCC(=O)O)c(C(=O)O)c1C. The van der Waals surface area contributed by atoms with Gasteiger partial charge in [-0.05, 0) is 19.4 Å². The number of hydrogen-bond donors (Lipinski definition) is 4. The lowest BCUT2D eigenvalue weighted by molar-refractivity contribution is -0.136. The second kappa shape index (κ2) is 6.19. The van der Waals surface area contributed by atoms with Gasteiger partial charge in [-0.15, -0.1) is 11.3 Å². The number of amides is 2. The number of rotatable bonds is 5. The Labute approximate surface area is 113 Å². The molecule has 0 aromatic carbocycles. The number of carboxylic acid groups (broad SMARTS) is 2. The van der Waals surface area contributed by atoms with Crippen LogP contribution < -0.4 is 10.6 Å². The summed E-state index contributed by atoms with van der Waals surface area (Å²) in [6.07, 6.45) is -0.193. The number of carboxylic acids is 2. The van der Waals surface area contributed by atoms with Crippen molar-refractivity contribution in [2.45, 2.75) is 20.3 Å². The van der Waals surface area contributed by atoms with Crippen LogP contribution in [0.5, 0.6) is 0 Å². The monoisotopic (exact) mass is 286 g/mol. The first-order valence-electron chi connectivity index (χ1n) is 5.42. The zero-order valence-corrected chi connectivity index (χ0v) is 11.3. The Kier molecular flexibility index (Phi) is 4.87. The molecule has 4 N–H and O–H groups in total. The molecule has 19 heavy (non-hydrogen) atoms. The molecule has 8 heteroatoms. The maximum atomic E-state index is 11.5. The number of carbonyl (C=O) groups is 3. The lowest BCUT2D eigenvalue weighted by atomic mass is 10.1. The second-order valence-electron chi connectivity index (χ2n) is 3.82. The highest BCUT2D eigenvalue weighted by molar-refractivity contribution is 7.16. The van der Waals surface area contributed by atoms with Gasteiger partial charge in [-0.3, -0.25) is 10.1 Å². The molecular formula is C11H14N2O5S. The predicted octanol–water partition coefficient (Wildman–Crippen LogP) is 1.66. The normalized spacial score (nSPS) is 10.0. The minimum absolute atomic E-state index is 0.0209. The third kappa shape index (κ3) is 3.95. The average Bonchev–Trinajstić information content (AvgIpc) is 2.53. The van der Waals surface area contributed by atoms with E-state index < -0.39 is 18.0 Å². The number of aryl methyl sites for hydroxylation is 1. The van der Waals surface area contributed by atoms with Gasteiger partial charge < -0.3 is 15.5 Å². The number of carbonyl (C=O) groups excluding carboxylic acids is 1. The number of thiophene rings is 1. The lowest BCUT2D eigenvalue weighted by Gasteiger charge is -2.05. The molecule has 1 aromatic rings. The first kappa shape index (κ1) is 15.0. The molecular weight excluding hydrogens is 272 g/mol. The number of aliphatic carboxylic acids is 1. The van der Waals surface area contributed by atoms with Gasteiger partial charge in [-0.25, -0.2) is 9.59 Å². The number of urea groups is 1. The van der Waals surface area contributed by atoms with Crippen LogP contribution in [0.3, 0.4) is 0 Å². The van der Waals surface area contributed by atoms with Crippen LogP contribution in [0.1, 0.15) is 27.2 Å². The van der Waals surface area contributed by atoms with Gasteiger partial charge in [0, 0.05) is 11.4 Å². The maximum Gasteiger partial charge on any atom is 0.338 e. The number of hydrogen-bond acceptors (Lipinski definition) is 4. The molecule has 1 aromatic heterocycles. The van der Waals surface area contributed by atoms with Gasteiger partial charge in [0.05, 0.1) is 12.0 Å². The van der Waals surface area contributed by atoms with E-state index in [1.54, 1.807) is 13.8 Å². The van der Waals surface area contributed by atoms with Crippen molar-refractivity contribution in [3.05, 3.63) is 16.0 Å². The van der Waals surface area contributed by atoms with E-state index >= 15 is 0 Å². The van der Waals surface area contributed by atoms with Crippen molar-refractivity contribution >= 4 is 34.3 Å². The van der Waals surface area contributed by atoms with Crippen LogP contribution in [0.15, 0.2) is 0 Å². The van der Waals surface area contributed by atoms with E-state index in [2.05, 4.69) is 10.6 Å². The fourth-order valence-corrected chi connectivity index (χ4v) is 2.45. The van der Waals surface area contributed by atoms with E-state index in [0.29, 0.717) is 5.56 Å². The highest BCUT2D eigenvalue weighted by atomic mass is 32.1. The predicted molar refractivity (Wildman–Crippen MR) is 70.0 cm³/mol. The smallest absolute Gasteiger partial charge is 0.338 e. The molecule has 2 amide bonds. The van der Waals surface area contributed by atoms with Crippen LogP contribution in [-0.2, 0) is 4.79 Å². The van der Waals surface area contributed by atoms with Gasteiger partial charge in [-0.1, -0.05) is 0 Å². The summed E-state index contributed by atoms with van der Waals surface area (Å²) in [7, 11) is 0. The summed E-state index contributed by atoms with van der Waals surface area (Å²) in [5.74, 6) is -2.13. The van der Waals surface area contributed by atoms with Gasteiger partial charge >= 0.3 is 18.0 Å². The first-order valence-corrected chi connectivity index (χ1v) is 6.24. The fourth-order valence-electron chi connectivity index (χ4n) is 1.40.